The number of nitrogens with zero attached hydrogens (tertiary/aromatic N) is 2. The minimum atomic E-state index is -1.93. The van der Waals surface area contributed by atoms with E-state index in [-0.39, 0.29) is 37.3 Å². The molecule has 4 amide bonds. The van der Waals surface area contributed by atoms with Crippen molar-refractivity contribution in [2.75, 3.05) is 25.2 Å². The molecule has 6 atom stereocenters. The van der Waals surface area contributed by atoms with Gasteiger partial charge in [-0.05, 0) is 48.6 Å². The average molecular weight is 629 g/mol. The van der Waals surface area contributed by atoms with Crippen LogP contribution in [0.4, 0.5) is 5.69 Å². The average Bonchev–Trinajstić information content (AvgIpc) is 3.31. The van der Waals surface area contributed by atoms with Gasteiger partial charge in [-0.3, -0.25) is 24.1 Å². The van der Waals surface area contributed by atoms with Crippen molar-refractivity contribution in [3.8, 4) is 11.5 Å². The smallest absolute Gasteiger partial charge is 0.339 e. The molecular formula is C30H26Cl2N2O9. The summed E-state index contributed by atoms with van der Waals surface area (Å²) in [5, 5.41) is 28.6. The molecule has 43 heavy (non-hydrogen) atoms. The maximum absolute atomic E-state index is 14.0. The number of aromatic carboxylic acids is 1. The minimum absolute atomic E-state index is 0.0124. The zero-order valence-corrected chi connectivity index (χ0v) is 24.2. The number of alkyl halides is 2. The number of allylic oxidation sites excluding steroid dienone is 2. The number of likely N-dealkylation sites (tertiary alicyclic amines) is 1. The lowest BCUT2D eigenvalue weighted by Crippen LogP contribution is -2.60. The Morgan fingerprint density at radius 2 is 1.72 bits per heavy atom. The Morgan fingerprint density at radius 1 is 1.02 bits per heavy atom. The summed E-state index contributed by atoms with van der Waals surface area (Å²) in [6.45, 7) is -0.109. The summed E-state index contributed by atoms with van der Waals surface area (Å²) in [5.74, 6) is -7.46. The Labute approximate surface area is 255 Å². The van der Waals surface area contributed by atoms with Crippen molar-refractivity contribution in [2.45, 2.75) is 28.5 Å². The number of hydrogen-bond donors (Lipinski definition) is 3. The predicted molar refractivity (Wildman–Crippen MR) is 152 cm³/mol. The fraction of sp³-hybridized carbons (Fsp3) is 0.367. The lowest BCUT2D eigenvalue weighted by molar-refractivity contribution is -0.138. The summed E-state index contributed by atoms with van der Waals surface area (Å²) in [6, 6.07) is 10.1. The highest BCUT2D eigenvalue weighted by atomic mass is 35.5. The molecule has 224 valence electrons. The lowest BCUT2D eigenvalue weighted by Gasteiger charge is -2.50. The first kappa shape index (κ1) is 29.2. The van der Waals surface area contributed by atoms with E-state index in [1.807, 2.05) is 0 Å². The van der Waals surface area contributed by atoms with Crippen molar-refractivity contribution in [3.05, 3.63) is 65.2 Å². The number of benzene rings is 2. The molecule has 2 aliphatic carbocycles. The van der Waals surface area contributed by atoms with Gasteiger partial charge < -0.3 is 20.1 Å². The van der Waals surface area contributed by atoms with Gasteiger partial charge in [-0.25, -0.2) is 9.69 Å². The van der Waals surface area contributed by atoms with Crippen LogP contribution in [0.5, 0.6) is 11.5 Å². The molecule has 0 bridgehead atoms. The fourth-order valence-corrected chi connectivity index (χ4v) is 8.15. The van der Waals surface area contributed by atoms with Crippen molar-refractivity contribution in [2.24, 2.45) is 17.8 Å². The SMILES string of the molecule is CN1C(=O)[C@]2(Cl)C[C@@H]3C(=CC[C@@H]4C(=O)N(c5ccc(C(=O)O)c(O)c5)C(=O)[C@@H]43)[C@H](c3ccc(OCCO)cc3)[C@]2(Cl)C1=O. The van der Waals surface area contributed by atoms with Gasteiger partial charge in [0.05, 0.1) is 24.1 Å². The number of anilines is 1. The largest absolute Gasteiger partial charge is 0.507 e. The van der Waals surface area contributed by atoms with E-state index in [0.29, 0.717) is 16.9 Å². The van der Waals surface area contributed by atoms with E-state index in [9.17, 15) is 34.2 Å². The molecule has 1 saturated carbocycles. The summed E-state index contributed by atoms with van der Waals surface area (Å²) >= 11 is 14.3. The molecule has 0 aromatic heterocycles. The van der Waals surface area contributed by atoms with Crippen molar-refractivity contribution in [1.82, 2.24) is 4.90 Å². The third-order valence-electron chi connectivity index (χ3n) is 9.06. The van der Waals surface area contributed by atoms with Crippen molar-refractivity contribution >= 4 is 58.5 Å². The number of carboxylic acid groups (broad SMARTS) is 1. The van der Waals surface area contributed by atoms with Crippen LogP contribution in [0.2, 0.25) is 0 Å². The highest BCUT2D eigenvalue weighted by Crippen LogP contribution is 2.65. The number of aromatic hydroxyl groups is 1. The summed E-state index contributed by atoms with van der Waals surface area (Å²) in [5.41, 5.74) is 0.784. The Morgan fingerprint density at radius 3 is 2.35 bits per heavy atom. The number of carbonyl (C=O) groups is 5. The van der Waals surface area contributed by atoms with Crippen molar-refractivity contribution in [1.29, 1.82) is 0 Å². The van der Waals surface area contributed by atoms with E-state index in [1.165, 1.54) is 13.1 Å². The van der Waals surface area contributed by atoms with Crippen LogP contribution in [0.1, 0.15) is 34.7 Å². The first-order valence-corrected chi connectivity index (χ1v) is 14.3. The number of aliphatic hydroxyl groups is 1. The fourth-order valence-electron chi connectivity index (χ4n) is 7.13. The van der Waals surface area contributed by atoms with E-state index in [2.05, 4.69) is 0 Å². The number of imide groups is 2. The Balaban J connectivity index is 1.44. The Hall–Kier alpha value is -3.93. The van der Waals surface area contributed by atoms with Gasteiger partial charge in [-0.2, -0.15) is 0 Å². The molecule has 3 fully saturated rings. The second-order valence-electron chi connectivity index (χ2n) is 11.2. The molecule has 2 aromatic carbocycles. The van der Waals surface area contributed by atoms with Crippen LogP contribution in [0.25, 0.3) is 0 Å². The zero-order chi connectivity index (χ0) is 31.0. The highest BCUT2D eigenvalue weighted by Gasteiger charge is 2.75. The number of hydrogen-bond acceptors (Lipinski definition) is 8. The highest BCUT2D eigenvalue weighted by molar-refractivity contribution is 6.53. The lowest BCUT2D eigenvalue weighted by atomic mass is 9.56. The van der Waals surface area contributed by atoms with Gasteiger partial charge in [0, 0.05) is 19.0 Å². The van der Waals surface area contributed by atoms with E-state index < -0.39 is 68.8 Å². The molecule has 0 unspecified atom stereocenters. The number of aliphatic hydroxyl groups excluding tert-OH is 1. The summed E-state index contributed by atoms with van der Waals surface area (Å²) in [4.78, 5) is 64.2. The number of carbonyl (C=O) groups excluding carboxylic acids is 4. The number of carboxylic acids is 1. The molecule has 0 spiro atoms. The standard InChI is InChI=1S/C30H26Cl2N2O9/c1-33-27(41)29(31)13-20-17(23(30(29,32)28(33)42)14-2-5-16(6-3-14)43-11-10-35)8-9-19-22(20)25(38)34(24(19)37)15-4-7-18(26(39)40)21(36)12-15/h2-8,12,19-20,22-23,35-36H,9-11,13H2,1H3,(H,39,40)/t19-,20+,22-,23-,29+,30-/m0/s1. The Bertz CT molecular complexity index is 1630. The number of fused-ring (bicyclic) bond motifs is 4. The molecular weight excluding hydrogens is 603 g/mol. The summed E-state index contributed by atoms with van der Waals surface area (Å²) in [7, 11) is 1.31. The minimum Gasteiger partial charge on any atom is -0.507 e. The third kappa shape index (κ3) is 3.94. The summed E-state index contributed by atoms with van der Waals surface area (Å²) in [6.07, 6.45) is 1.76. The molecule has 13 heteroatoms. The van der Waals surface area contributed by atoms with Crippen LogP contribution in [-0.4, -0.2) is 79.8 Å². The third-order valence-corrected chi connectivity index (χ3v) is 10.5. The Kier molecular flexibility index (Phi) is 6.83. The van der Waals surface area contributed by atoms with E-state index >= 15 is 0 Å². The van der Waals surface area contributed by atoms with Crippen molar-refractivity contribution < 1.29 is 44.0 Å². The second-order valence-corrected chi connectivity index (χ2v) is 12.4. The number of halogens is 2. The molecule has 2 aromatic rings. The number of ether oxygens (including phenoxy) is 1. The molecule has 6 rings (SSSR count). The predicted octanol–water partition coefficient (Wildman–Crippen LogP) is 2.65. The van der Waals surface area contributed by atoms with Gasteiger partial charge in [-0.15, -0.1) is 23.2 Å². The van der Waals surface area contributed by atoms with E-state index in [4.69, 9.17) is 33.0 Å². The van der Waals surface area contributed by atoms with E-state index in [0.717, 1.165) is 21.9 Å². The number of amides is 4. The van der Waals surface area contributed by atoms with Gasteiger partial charge >= 0.3 is 5.97 Å². The monoisotopic (exact) mass is 628 g/mol. The zero-order valence-electron chi connectivity index (χ0n) is 22.7. The first-order chi connectivity index (χ1) is 20.4. The topological polar surface area (TPSA) is 162 Å². The van der Waals surface area contributed by atoms with Crippen LogP contribution < -0.4 is 9.64 Å². The second kappa shape index (κ2) is 10.1. The van der Waals surface area contributed by atoms with Crippen LogP contribution in [0, 0.1) is 17.8 Å². The molecule has 2 aliphatic heterocycles. The molecule has 2 heterocycles. The number of rotatable bonds is 6. The van der Waals surface area contributed by atoms with Gasteiger partial charge in [0.15, 0.2) is 9.75 Å². The van der Waals surface area contributed by atoms with Gasteiger partial charge in [0.1, 0.15) is 23.7 Å². The first-order valence-electron chi connectivity index (χ1n) is 13.5. The maximum atomic E-state index is 14.0. The van der Waals surface area contributed by atoms with Crippen LogP contribution in [0.15, 0.2) is 54.1 Å². The normalized spacial score (nSPS) is 31.5. The molecule has 4 aliphatic rings. The molecule has 3 N–H and O–H groups in total. The maximum Gasteiger partial charge on any atom is 0.339 e. The number of phenols is 1. The molecule has 11 nitrogen and oxygen atoms in total. The van der Waals surface area contributed by atoms with Gasteiger partial charge in [0.25, 0.3) is 11.8 Å². The van der Waals surface area contributed by atoms with Gasteiger partial charge in [0.2, 0.25) is 11.8 Å². The van der Waals surface area contributed by atoms with Crippen LogP contribution in [0.3, 0.4) is 0 Å². The molecule has 2 saturated heterocycles. The quantitative estimate of drug-likeness (QED) is 0.248. The van der Waals surface area contributed by atoms with Crippen LogP contribution in [-0.2, 0) is 19.2 Å². The van der Waals surface area contributed by atoms with E-state index in [1.54, 1.807) is 30.3 Å². The van der Waals surface area contributed by atoms with Crippen molar-refractivity contribution in [3.63, 3.8) is 0 Å². The van der Waals surface area contributed by atoms with Gasteiger partial charge in [-0.1, -0.05) is 23.8 Å². The molecule has 0 radical (unpaired) electrons. The summed E-state index contributed by atoms with van der Waals surface area (Å²) < 4.78 is 5.47. The van der Waals surface area contributed by atoms with Crippen LogP contribution >= 0.6 is 23.2 Å².